The molecule has 0 aliphatic heterocycles. The van der Waals surface area contributed by atoms with E-state index in [2.05, 4.69) is 25.2 Å². The van der Waals surface area contributed by atoms with E-state index < -0.39 is 10.0 Å². The van der Waals surface area contributed by atoms with Gasteiger partial charge in [-0.25, -0.2) is 18.1 Å². The van der Waals surface area contributed by atoms with Crippen LogP contribution in [0.25, 0.3) is 0 Å². The number of nitrogens with zero attached hydrogens (tertiary/aromatic N) is 2. The quantitative estimate of drug-likeness (QED) is 0.430. The largest absolute Gasteiger partial charge is 0.355 e. The number of aromatic nitrogens is 3. The average molecular weight is 307 g/mol. The number of carbonyl (C=O) groups is 1. The molecule has 1 rings (SSSR count). The maximum Gasteiger partial charge on any atom is 0.221 e. The fourth-order valence-corrected chi connectivity index (χ4v) is 2.33. The van der Waals surface area contributed by atoms with E-state index in [9.17, 15) is 13.2 Å². The Morgan fingerprint density at radius 2 is 2.16 bits per heavy atom. The van der Waals surface area contributed by atoms with Crippen LogP contribution in [0.5, 0.6) is 0 Å². The second kappa shape index (κ2) is 7.46. The predicted molar refractivity (Wildman–Crippen MR) is 72.3 cm³/mol. The molecule has 0 unspecified atom stereocenters. The highest BCUT2D eigenvalue weighted by atomic mass is 32.2. The fourth-order valence-electron chi connectivity index (χ4n) is 1.16. The van der Waals surface area contributed by atoms with Gasteiger partial charge in [-0.3, -0.25) is 9.89 Å². The molecule has 1 aromatic rings. The third-order valence-corrected chi connectivity index (χ3v) is 3.53. The average Bonchev–Trinajstić information content (AvgIpc) is 2.69. The number of thioether (sulfide) groups is 1. The molecule has 3 N–H and O–H groups in total. The smallest absolute Gasteiger partial charge is 0.221 e. The van der Waals surface area contributed by atoms with Gasteiger partial charge in [0.05, 0.1) is 6.26 Å². The van der Waals surface area contributed by atoms with Crippen LogP contribution in [0.15, 0.2) is 5.16 Å². The third kappa shape index (κ3) is 7.80. The Labute approximate surface area is 116 Å². The summed E-state index contributed by atoms with van der Waals surface area (Å²) in [6.45, 7) is 2.40. The van der Waals surface area contributed by atoms with E-state index in [1.165, 1.54) is 11.8 Å². The second-order valence-corrected chi connectivity index (χ2v) is 6.71. The molecule has 1 heterocycles. The number of hydrogen-bond donors (Lipinski definition) is 3. The lowest BCUT2D eigenvalue weighted by Gasteiger charge is -2.04. The van der Waals surface area contributed by atoms with E-state index >= 15 is 0 Å². The lowest BCUT2D eigenvalue weighted by Crippen LogP contribution is -2.31. The van der Waals surface area contributed by atoms with E-state index in [0.717, 1.165) is 12.1 Å². The standard InChI is InChI=1S/C9H17N5O3S2/c1-7-12-9(14-13-7)18-6-5-10-8(15)3-4-11-19(2,16)17/h11H,3-6H2,1-2H3,(H,10,15)(H,12,13,14). The number of aromatic amines is 1. The lowest BCUT2D eigenvalue weighted by atomic mass is 10.4. The maximum absolute atomic E-state index is 11.4. The van der Waals surface area contributed by atoms with E-state index in [4.69, 9.17) is 0 Å². The molecular formula is C9H17N5O3S2. The fraction of sp³-hybridized carbons (Fsp3) is 0.667. The van der Waals surface area contributed by atoms with Crippen LogP contribution in [0.2, 0.25) is 0 Å². The predicted octanol–water partition coefficient (Wildman–Crippen LogP) is -0.739. The molecule has 0 aliphatic carbocycles. The minimum absolute atomic E-state index is 0.109. The summed E-state index contributed by atoms with van der Waals surface area (Å²) in [6.07, 6.45) is 1.18. The van der Waals surface area contributed by atoms with Gasteiger partial charge in [0.2, 0.25) is 21.1 Å². The zero-order chi connectivity index (χ0) is 14.3. The Kier molecular flexibility index (Phi) is 6.25. The van der Waals surface area contributed by atoms with E-state index in [1.807, 2.05) is 6.92 Å². The number of sulfonamides is 1. The molecule has 0 aliphatic rings. The maximum atomic E-state index is 11.4. The van der Waals surface area contributed by atoms with Crippen molar-refractivity contribution in [1.29, 1.82) is 0 Å². The number of rotatable bonds is 8. The van der Waals surface area contributed by atoms with Crippen molar-refractivity contribution in [3.05, 3.63) is 5.82 Å². The van der Waals surface area contributed by atoms with Crippen molar-refractivity contribution in [1.82, 2.24) is 25.2 Å². The molecule has 0 aromatic carbocycles. The molecule has 10 heteroatoms. The molecule has 19 heavy (non-hydrogen) atoms. The molecule has 0 bridgehead atoms. The van der Waals surface area contributed by atoms with Crippen LogP contribution in [0.3, 0.4) is 0 Å². The van der Waals surface area contributed by atoms with Crippen molar-refractivity contribution in [3.63, 3.8) is 0 Å². The summed E-state index contributed by atoms with van der Waals surface area (Å²) in [4.78, 5) is 15.5. The Bertz CT molecular complexity index is 514. The Hall–Kier alpha value is -1.13. The van der Waals surface area contributed by atoms with E-state index in [1.54, 1.807) is 0 Å². The highest BCUT2D eigenvalue weighted by Gasteiger charge is 2.05. The third-order valence-electron chi connectivity index (χ3n) is 1.95. The minimum Gasteiger partial charge on any atom is -0.355 e. The van der Waals surface area contributed by atoms with Gasteiger partial charge in [0.15, 0.2) is 0 Å². The molecule has 0 atom stereocenters. The Balaban J connectivity index is 2.07. The summed E-state index contributed by atoms with van der Waals surface area (Å²) >= 11 is 1.43. The molecule has 0 radical (unpaired) electrons. The van der Waals surface area contributed by atoms with Crippen LogP contribution >= 0.6 is 11.8 Å². The minimum atomic E-state index is -3.23. The Morgan fingerprint density at radius 3 is 2.74 bits per heavy atom. The van der Waals surface area contributed by atoms with Gasteiger partial charge in [-0.2, -0.15) is 0 Å². The molecule has 0 saturated heterocycles. The van der Waals surface area contributed by atoms with Gasteiger partial charge in [-0.05, 0) is 6.92 Å². The van der Waals surface area contributed by atoms with E-state index in [-0.39, 0.29) is 18.9 Å². The molecule has 108 valence electrons. The number of hydrogen-bond acceptors (Lipinski definition) is 6. The monoisotopic (exact) mass is 307 g/mol. The SMILES string of the molecule is Cc1nc(SCCNC(=O)CCNS(C)(=O)=O)n[nH]1. The summed E-state index contributed by atoms with van der Waals surface area (Å²) in [5.74, 6) is 1.21. The Morgan fingerprint density at radius 1 is 1.42 bits per heavy atom. The molecule has 0 spiro atoms. The van der Waals surface area contributed by atoms with Gasteiger partial charge in [0.1, 0.15) is 5.82 Å². The van der Waals surface area contributed by atoms with Gasteiger partial charge in [-0.1, -0.05) is 11.8 Å². The summed E-state index contributed by atoms with van der Waals surface area (Å²) < 4.78 is 23.8. The molecular weight excluding hydrogens is 290 g/mol. The zero-order valence-electron chi connectivity index (χ0n) is 10.8. The molecule has 1 amide bonds. The van der Waals surface area contributed by atoms with Crippen LogP contribution in [0, 0.1) is 6.92 Å². The van der Waals surface area contributed by atoms with Crippen molar-refractivity contribution in [2.75, 3.05) is 25.1 Å². The summed E-state index contributed by atoms with van der Waals surface area (Å²) in [6, 6.07) is 0. The van der Waals surface area contributed by atoms with Crippen LogP contribution in [-0.4, -0.2) is 54.6 Å². The number of amides is 1. The van der Waals surface area contributed by atoms with Crippen molar-refractivity contribution in [2.24, 2.45) is 0 Å². The molecule has 1 aromatic heterocycles. The van der Waals surface area contributed by atoms with Crippen molar-refractivity contribution in [2.45, 2.75) is 18.5 Å². The van der Waals surface area contributed by atoms with Gasteiger partial charge in [-0.15, -0.1) is 5.10 Å². The molecule has 8 nitrogen and oxygen atoms in total. The summed E-state index contributed by atoms with van der Waals surface area (Å²) in [5, 5.41) is 10.0. The normalized spacial score (nSPS) is 11.5. The van der Waals surface area contributed by atoms with E-state index in [0.29, 0.717) is 17.5 Å². The number of aryl methyl sites for hydroxylation is 1. The first-order valence-corrected chi connectivity index (χ1v) is 8.47. The van der Waals surface area contributed by atoms with Gasteiger partial charge < -0.3 is 5.32 Å². The van der Waals surface area contributed by atoms with Gasteiger partial charge in [0, 0.05) is 25.3 Å². The van der Waals surface area contributed by atoms with Crippen LogP contribution in [0.1, 0.15) is 12.2 Å². The molecule has 0 saturated carbocycles. The topological polar surface area (TPSA) is 117 Å². The van der Waals surface area contributed by atoms with Crippen molar-refractivity contribution >= 4 is 27.7 Å². The highest BCUT2D eigenvalue weighted by Crippen LogP contribution is 2.10. The molecule has 0 fully saturated rings. The first-order valence-electron chi connectivity index (χ1n) is 5.60. The number of carbonyl (C=O) groups excluding carboxylic acids is 1. The van der Waals surface area contributed by atoms with Crippen LogP contribution in [0.4, 0.5) is 0 Å². The van der Waals surface area contributed by atoms with Crippen molar-refractivity contribution < 1.29 is 13.2 Å². The second-order valence-electron chi connectivity index (χ2n) is 3.82. The summed E-state index contributed by atoms with van der Waals surface area (Å²) in [7, 11) is -3.23. The van der Waals surface area contributed by atoms with Crippen molar-refractivity contribution in [3.8, 4) is 0 Å². The van der Waals surface area contributed by atoms with Gasteiger partial charge in [0.25, 0.3) is 0 Å². The number of nitrogens with one attached hydrogen (secondary N) is 3. The highest BCUT2D eigenvalue weighted by molar-refractivity contribution is 7.99. The zero-order valence-corrected chi connectivity index (χ0v) is 12.4. The lowest BCUT2D eigenvalue weighted by molar-refractivity contribution is -0.120. The van der Waals surface area contributed by atoms with Gasteiger partial charge >= 0.3 is 0 Å². The first-order chi connectivity index (χ1) is 8.87. The first kappa shape index (κ1) is 15.9. The summed E-state index contributed by atoms with van der Waals surface area (Å²) in [5.41, 5.74) is 0. The van der Waals surface area contributed by atoms with Crippen LogP contribution < -0.4 is 10.0 Å². The van der Waals surface area contributed by atoms with Crippen LogP contribution in [-0.2, 0) is 14.8 Å². The number of H-pyrrole nitrogens is 1.